The normalized spacial score (nSPS) is 17.6. The molecule has 2 N–H and O–H groups in total. The number of carboxylic acid groups (broad SMARTS) is 1. The number of nitrogens with zero attached hydrogens (tertiary/aromatic N) is 1. The summed E-state index contributed by atoms with van der Waals surface area (Å²) in [6.45, 7) is 0.160. The van der Waals surface area contributed by atoms with E-state index >= 15 is 0 Å². The maximum absolute atomic E-state index is 13.8. The molecular weight excluding hydrogens is 312 g/mol. The number of rotatable bonds is 3. The van der Waals surface area contributed by atoms with Crippen LogP contribution in [0.25, 0.3) is 0 Å². The van der Waals surface area contributed by atoms with Gasteiger partial charge in [-0.15, -0.1) is 13.2 Å². The highest BCUT2D eigenvalue weighted by Gasteiger charge is 2.38. The standard InChI is InChI=1S/C12H10F4N2O4/c13-9-6(2-1-3-8(9)22-12(14,15)16)17-10(19)7-4-5-18(7)11(20)21/h1-3,7H,4-5H2,(H,17,19)(H,20,21). The molecule has 10 heteroatoms. The predicted octanol–water partition coefficient (Wildman–Crippen LogP) is 2.42. The van der Waals surface area contributed by atoms with Crippen LogP contribution in [-0.2, 0) is 4.79 Å². The topological polar surface area (TPSA) is 78.9 Å². The lowest BCUT2D eigenvalue weighted by molar-refractivity contribution is -0.275. The highest BCUT2D eigenvalue weighted by Crippen LogP contribution is 2.30. The lowest BCUT2D eigenvalue weighted by Crippen LogP contribution is -2.56. The summed E-state index contributed by atoms with van der Waals surface area (Å²) in [6.07, 6.45) is -6.13. The van der Waals surface area contributed by atoms with Crippen molar-refractivity contribution in [3.63, 3.8) is 0 Å². The third kappa shape index (κ3) is 3.38. The number of ether oxygens (including phenoxy) is 1. The van der Waals surface area contributed by atoms with Crippen LogP contribution in [0.5, 0.6) is 5.75 Å². The fraction of sp³-hybridized carbons (Fsp3) is 0.333. The van der Waals surface area contributed by atoms with Gasteiger partial charge in [-0.3, -0.25) is 9.69 Å². The van der Waals surface area contributed by atoms with Gasteiger partial charge < -0.3 is 15.2 Å². The summed E-state index contributed by atoms with van der Waals surface area (Å²) < 4.78 is 53.6. The molecule has 0 saturated carbocycles. The number of carbonyl (C=O) groups is 2. The first-order valence-electron chi connectivity index (χ1n) is 6.04. The van der Waals surface area contributed by atoms with Gasteiger partial charge in [0.1, 0.15) is 6.04 Å². The number of alkyl halides is 3. The summed E-state index contributed by atoms with van der Waals surface area (Å²) in [5.74, 6) is -3.31. The van der Waals surface area contributed by atoms with E-state index in [-0.39, 0.29) is 13.0 Å². The number of nitrogens with one attached hydrogen (secondary N) is 1. The smallest absolute Gasteiger partial charge is 0.465 e. The van der Waals surface area contributed by atoms with E-state index in [4.69, 9.17) is 5.11 Å². The van der Waals surface area contributed by atoms with Crippen molar-refractivity contribution in [3.8, 4) is 5.75 Å². The predicted molar refractivity (Wildman–Crippen MR) is 64.8 cm³/mol. The molecule has 1 aliphatic rings. The second-order valence-electron chi connectivity index (χ2n) is 4.44. The molecule has 1 aromatic rings. The van der Waals surface area contributed by atoms with Gasteiger partial charge in [0, 0.05) is 6.54 Å². The second-order valence-corrected chi connectivity index (χ2v) is 4.44. The number of carbonyl (C=O) groups excluding carboxylic acids is 1. The summed E-state index contributed by atoms with van der Waals surface area (Å²) in [4.78, 5) is 23.4. The lowest BCUT2D eigenvalue weighted by Gasteiger charge is -2.37. The van der Waals surface area contributed by atoms with E-state index < -0.39 is 41.7 Å². The van der Waals surface area contributed by atoms with E-state index in [0.717, 1.165) is 23.1 Å². The van der Waals surface area contributed by atoms with Crippen LogP contribution in [0.3, 0.4) is 0 Å². The van der Waals surface area contributed by atoms with Crippen LogP contribution >= 0.6 is 0 Å². The molecule has 1 saturated heterocycles. The number of hydrogen-bond acceptors (Lipinski definition) is 3. The van der Waals surface area contributed by atoms with Crippen LogP contribution in [0.1, 0.15) is 6.42 Å². The third-order valence-corrected chi connectivity index (χ3v) is 3.01. The lowest BCUT2D eigenvalue weighted by atomic mass is 10.0. The molecule has 2 amide bonds. The minimum absolute atomic E-state index is 0.160. The maximum Gasteiger partial charge on any atom is 0.573 e. The van der Waals surface area contributed by atoms with E-state index in [0.29, 0.717) is 0 Å². The van der Waals surface area contributed by atoms with Crippen LogP contribution < -0.4 is 10.1 Å². The molecular formula is C12H10F4N2O4. The zero-order valence-electron chi connectivity index (χ0n) is 10.9. The minimum Gasteiger partial charge on any atom is -0.465 e. The molecule has 6 nitrogen and oxygen atoms in total. The van der Waals surface area contributed by atoms with Crippen molar-refractivity contribution < 1.29 is 37.0 Å². The number of benzene rings is 1. The Morgan fingerprint density at radius 1 is 1.36 bits per heavy atom. The molecule has 0 aliphatic carbocycles. The van der Waals surface area contributed by atoms with Crippen molar-refractivity contribution >= 4 is 17.7 Å². The first-order chi connectivity index (χ1) is 10.2. The Morgan fingerprint density at radius 3 is 2.55 bits per heavy atom. The van der Waals surface area contributed by atoms with E-state index in [2.05, 4.69) is 10.1 Å². The van der Waals surface area contributed by atoms with Gasteiger partial charge in [-0.1, -0.05) is 6.07 Å². The Labute approximate surface area is 121 Å². The molecule has 1 aliphatic heterocycles. The molecule has 0 radical (unpaired) electrons. The number of amides is 2. The van der Waals surface area contributed by atoms with Gasteiger partial charge in [0.25, 0.3) is 0 Å². The quantitative estimate of drug-likeness (QED) is 0.838. The Balaban J connectivity index is 2.12. The summed E-state index contributed by atoms with van der Waals surface area (Å²) in [6, 6.07) is 1.87. The Morgan fingerprint density at radius 2 is 2.05 bits per heavy atom. The molecule has 0 bridgehead atoms. The highest BCUT2D eigenvalue weighted by molar-refractivity contribution is 5.97. The van der Waals surface area contributed by atoms with Crippen molar-refractivity contribution in [1.29, 1.82) is 0 Å². The molecule has 120 valence electrons. The molecule has 1 aromatic carbocycles. The van der Waals surface area contributed by atoms with E-state index in [9.17, 15) is 27.2 Å². The van der Waals surface area contributed by atoms with Crippen molar-refractivity contribution in [2.75, 3.05) is 11.9 Å². The Hall–Kier alpha value is -2.52. The summed E-state index contributed by atoms with van der Waals surface area (Å²) in [5.41, 5.74) is -0.524. The Bertz CT molecular complexity index is 605. The fourth-order valence-corrected chi connectivity index (χ4v) is 1.92. The molecule has 0 aromatic heterocycles. The van der Waals surface area contributed by atoms with Crippen molar-refractivity contribution in [2.24, 2.45) is 0 Å². The van der Waals surface area contributed by atoms with Gasteiger partial charge in [0.15, 0.2) is 11.6 Å². The zero-order valence-corrected chi connectivity index (χ0v) is 10.9. The zero-order chi connectivity index (χ0) is 16.5. The number of anilines is 1. The van der Waals surface area contributed by atoms with Gasteiger partial charge in [-0.2, -0.15) is 0 Å². The van der Waals surface area contributed by atoms with Gasteiger partial charge >= 0.3 is 12.5 Å². The van der Waals surface area contributed by atoms with Gasteiger partial charge in [0.2, 0.25) is 5.91 Å². The largest absolute Gasteiger partial charge is 0.573 e. The fourth-order valence-electron chi connectivity index (χ4n) is 1.92. The molecule has 1 atom stereocenters. The van der Waals surface area contributed by atoms with Crippen molar-refractivity contribution in [3.05, 3.63) is 24.0 Å². The molecule has 1 heterocycles. The third-order valence-electron chi connectivity index (χ3n) is 3.01. The first-order valence-corrected chi connectivity index (χ1v) is 6.04. The van der Waals surface area contributed by atoms with Crippen molar-refractivity contribution in [2.45, 2.75) is 18.8 Å². The molecule has 1 fully saturated rings. The number of hydrogen-bond donors (Lipinski definition) is 2. The minimum atomic E-state index is -5.07. The SMILES string of the molecule is O=C(Nc1cccc(OC(F)(F)F)c1F)C1CCN1C(=O)O. The van der Waals surface area contributed by atoms with Crippen LogP contribution in [0.15, 0.2) is 18.2 Å². The Kier molecular flexibility index (Phi) is 4.11. The van der Waals surface area contributed by atoms with Crippen LogP contribution in [0.4, 0.5) is 28.0 Å². The molecule has 0 spiro atoms. The summed E-state index contributed by atoms with van der Waals surface area (Å²) in [5, 5.41) is 10.8. The number of likely N-dealkylation sites (tertiary alicyclic amines) is 1. The van der Waals surface area contributed by atoms with Crippen LogP contribution in [-0.4, -0.2) is 41.0 Å². The average molecular weight is 322 g/mol. The summed E-state index contributed by atoms with van der Waals surface area (Å²) >= 11 is 0. The maximum atomic E-state index is 13.8. The monoisotopic (exact) mass is 322 g/mol. The van der Waals surface area contributed by atoms with E-state index in [1.807, 2.05) is 0 Å². The number of halogens is 4. The molecule has 22 heavy (non-hydrogen) atoms. The van der Waals surface area contributed by atoms with Gasteiger partial charge in [-0.25, -0.2) is 9.18 Å². The molecule has 1 unspecified atom stereocenters. The van der Waals surface area contributed by atoms with Crippen LogP contribution in [0, 0.1) is 5.82 Å². The van der Waals surface area contributed by atoms with Crippen molar-refractivity contribution in [1.82, 2.24) is 4.90 Å². The highest BCUT2D eigenvalue weighted by atomic mass is 19.4. The average Bonchev–Trinajstić information content (AvgIpc) is 2.30. The van der Waals surface area contributed by atoms with Gasteiger partial charge in [-0.05, 0) is 18.6 Å². The van der Waals surface area contributed by atoms with Crippen LogP contribution in [0.2, 0.25) is 0 Å². The summed E-state index contributed by atoms with van der Waals surface area (Å²) in [7, 11) is 0. The molecule has 2 rings (SSSR count). The second kappa shape index (κ2) is 5.70. The van der Waals surface area contributed by atoms with E-state index in [1.54, 1.807) is 0 Å². The van der Waals surface area contributed by atoms with E-state index in [1.165, 1.54) is 0 Å². The first kappa shape index (κ1) is 15.9. The van der Waals surface area contributed by atoms with Gasteiger partial charge in [0.05, 0.1) is 5.69 Å².